The number of nitrogens with zero attached hydrogens (tertiary/aromatic N) is 1. The van der Waals surface area contributed by atoms with Crippen LogP contribution in [0.15, 0.2) is 0 Å². The Bertz CT molecular complexity index is 260. The van der Waals surface area contributed by atoms with Crippen LogP contribution in [0.4, 0.5) is 0 Å². The van der Waals surface area contributed by atoms with Gasteiger partial charge in [-0.25, -0.2) is 0 Å². The topological polar surface area (TPSA) is 75.8 Å². The normalized spacial score (nSPS) is 35.4. The molecule has 0 bridgehead atoms. The summed E-state index contributed by atoms with van der Waals surface area (Å²) in [6, 6.07) is 0.0166. The van der Waals surface area contributed by atoms with Gasteiger partial charge in [-0.2, -0.15) is 0 Å². The average Bonchev–Trinajstić information content (AvgIpc) is 2.74. The first-order chi connectivity index (χ1) is 7.72. The van der Waals surface area contributed by atoms with Crippen LogP contribution in [-0.4, -0.2) is 54.4 Å². The highest BCUT2D eigenvalue weighted by atomic mass is 16.5. The number of carbonyl (C=O) groups excluding carboxylic acids is 1. The van der Waals surface area contributed by atoms with Gasteiger partial charge < -0.3 is 20.5 Å². The number of aliphatic hydroxyl groups is 1. The second-order valence-corrected chi connectivity index (χ2v) is 4.66. The van der Waals surface area contributed by atoms with Gasteiger partial charge in [-0.05, 0) is 12.8 Å². The molecule has 1 aliphatic heterocycles. The Balaban J connectivity index is 1.93. The average molecular weight is 228 g/mol. The van der Waals surface area contributed by atoms with E-state index in [9.17, 15) is 4.79 Å². The summed E-state index contributed by atoms with van der Waals surface area (Å²) in [6.45, 7) is 1.61. The Morgan fingerprint density at radius 2 is 2.31 bits per heavy atom. The van der Waals surface area contributed by atoms with Gasteiger partial charge in [0.2, 0.25) is 5.91 Å². The van der Waals surface area contributed by atoms with Crippen molar-refractivity contribution in [3.63, 3.8) is 0 Å². The fourth-order valence-corrected chi connectivity index (χ4v) is 2.56. The molecule has 0 aromatic rings. The lowest BCUT2D eigenvalue weighted by atomic mass is 10.0. The second-order valence-electron chi connectivity index (χ2n) is 4.66. The number of ether oxygens (including phenoxy) is 1. The molecule has 0 aromatic heterocycles. The quantitative estimate of drug-likeness (QED) is 0.657. The monoisotopic (exact) mass is 228 g/mol. The van der Waals surface area contributed by atoms with Gasteiger partial charge in [0, 0.05) is 19.1 Å². The van der Waals surface area contributed by atoms with E-state index in [1.807, 2.05) is 0 Å². The van der Waals surface area contributed by atoms with Crippen molar-refractivity contribution in [2.45, 2.75) is 31.4 Å². The number of hydrogen-bond acceptors (Lipinski definition) is 4. The number of morpholine rings is 1. The van der Waals surface area contributed by atoms with Gasteiger partial charge >= 0.3 is 0 Å². The lowest BCUT2D eigenvalue weighted by Gasteiger charge is -2.34. The lowest BCUT2D eigenvalue weighted by Crippen LogP contribution is -2.50. The first-order valence-corrected chi connectivity index (χ1v) is 5.99. The zero-order valence-corrected chi connectivity index (χ0v) is 9.47. The minimum absolute atomic E-state index is 0.0163. The highest BCUT2D eigenvalue weighted by Crippen LogP contribution is 2.26. The number of rotatable bonds is 2. The van der Waals surface area contributed by atoms with Crippen molar-refractivity contribution in [3.8, 4) is 0 Å². The van der Waals surface area contributed by atoms with Gasteiger partial charge in [0.05, 0.1) is 25.2 Å². The van der Waals surface area contributed by atoms with Gasteiger partial charge in [-0.3, -0.25) is 4.79 Å². The molecule has 5 heteroatoms. The molecule has 16 heavy (non-hydrogen) atoms. The van der Waals surface area contributed by atoms with E-state index in [2.05, 4.69) is 0 Å². The van der Waals surface area contributed by atoms with Crippen molar-refractivity contribution in [2.75, 3.05) is 26.3 Å². The first kappa shape index (κ1) is 11.8. The van der Waals surface area contributed by atoms with Gasteiger partial charge in [-0.15, -0.1) is 0 Å². The van der Waals surface area contributed by atoms with Crippen LogP contribution in [0.2, 0.25) is 0 Å². The van der Waals surface area contributed by atoms with Crippen LogP contribution < -0.4 is 5.73 Å². The fraction of sp³-hybridized carbons (Fsp3) is 0.909. The molecule has 0 spiro atoms. The highest BCUT2D eigenvalue weighted by molar-refractivity contribution is 5.80. The van der Waals surface area contributed by atoms with Crippen molar-refractivity contribution in [1.29, 1.82) is 0 Å². The number of amides is 1. The molecule has 1 saturated carbocycles. The second kappa shape index (κ2) is 5.12. The fourth-order valence-electron chi connectivity index (χ4n) is 2.56. The zero-order valence-electron chi connectivity index (χ0n) is 9.47. The third-order valence-corrected chi connectivity index (χ3v) is 3.54. The predicted octanol–water partition coefficient (Wildman–Crippen LogP) is -0.666. The molecule has 0 radical (unpaired) electrons. The number of aliphatic hydroxyl groups excluding tert-OH is 1. The molecule has 5 nitrogen and oxygen atoms in total. The Hall–Kier alpha value is -0.650. The molecule has 3 unspecified atom stereocenters. The first-order valence-electron chi connectivity index (χ1n) is 5.99. The molecule has 2 aliphatic rings. The van der Waals surface area contributed by atoms with Crippen LogP contribution in [0.1, 0.15) is 19.3 Å². The summed E-state index contributed by atoms with van der Waals surface area (Å²) >= 11 is 0. The minimum Gasteiger partial charge on any atom is -0.394 e. The number of hydrogen-bond donors (Lipinski definition) is 2. The van der Waals surface area contributed by atoms with Gasteiger partial charge in [0.15, 0.2) is 0 Å². The molecule has 3 N–H and O–H groups in total. The summed E-state index contributed by atoms with van der Waals surface area (Å²) in [5.41, 5.74) is 5.93. The van der Waals surface area contributed by atoms with Crippen molar-refractivity contribution < 1.29 is 14.6 Å². The van der Waals surface area contributed by atoms with Crippen LogP contribution >= 0.6 is 0 Å². The summed E-state index contributed by atoms with van der Waals surface area (Å²) in [5, 5.41) is 9.02. The van der Waals surface area contributed by atoms with Crippen LogP contribution in [0.3, 0.4) is 0 Å². The molecule has 1 saturated heterocycles. The maximum absolute atomic E-state index is 12.2. The van der Waals surface area contributed by atoms with Gasteiger partial charge in [0.1, 0.15) is 0 Å². The zero-order chi connectivity index (χ0) is 11.5. The smallest absolute Gasteiger partial charge is 0.227 e. The summed E-state index contributed by atoms with van der Waals surface area (Å²) in [5.74, 6) is 0.129. The standard InChI is InChI=1S/C11H20N2O3/c12-10-3-1-2-9(10)11(15)13-4-5-16-8(6-13)7-14/h8-10,14H,1-7,12H2. The van der Waals surface area contributed by atoms with Crippen LogP contribution in [-0.2, 0) is 9.53 Å². The van der Waals surface area contributed by atoms with E-state index in [1.54, 1.807) is 4.90 Å². The SMILES string of the molecule is NC1CCCC1C(=O)N1CCOC(CO)C1. The van der Waals surface area contributed by atoms with Crippen molar-refractivity contribution >= 4 is 5.91 Å². The van der Waals surface area contributed by atoms with E-state index in [-0.39, 0.29) is 30.6 Å². The molecular formula is C11H20N2O3. The maximum atomic E-state index is 12.2. The van der Waals surface area contributed by atoms with Crippen LogP contribution in [0.5, 0.6) is 0 Å². The largest absolute Gasteiger partial charge is 0.394 e. The van der Waals surface area contributed by atoms with E-state index in [0.717, 1.165) is 19.3 Å². The Morgan fingerprint density at radius 1 is 1.50 bits per heavy atom. The highest BCUT2D eigenvalue weighted by Gasteiger charge is 2.35. The van der Waals surface area contributed by atoms with Crippen molar-refractivity contribution in [2.24, 2.45) is 11.7 Å². The minimum atomic E-state index is -0.227. The van der Waals surface area contributed by atoms with Crippen molar-refractivity contribution in [3.05, 3.63) is 0 Å². The Labute approximate surface area is 95.5 Å². The molecule has 1 amide bonds. The molecule has 3 atom stereocenters. The molecular weight excluding hydrogens is 208 g/mol. The summed E-state index contributed by atoms with van der Waals surface area (Å²) in [7, 11) is 0. The molecule has 1 aliphatic carbocycles. The third-order valence-electron chi connectivity index (χ3n) is 3.54. The summed E-state index contributed by atoms with van der Waals surface area (Å²) < 4.78 is 5.32. The summed E-state index contributed by atoms with van der Waals surface area (Å²) in [4.78, 5) is 14.0. The maximum Gasteiger partial charge on any atom is 0.227 e. The van der Waals surface area contributed by atoms with E-state index >= 15 is 0 Å². The third kappa shape index (κ3) is 2.36. The molecule has 1 heterocycles. The van der Waals surface area contributed by atoms with Crippen molar-refractivity contribution in [1.82, 2.24) is 4.90 Å². The van der Waals surface area contributed by atoms with Crippen LogP contribution in [0, 0.1) is 5.92 Å². The molecule has 92 valence electrons. The van der Waals surface area contributed by atoms with E-state index in [1.165, 1.54) is 0 Å². The Morgan fingerprint density at radius 3 is 2.94 bits per heavy atom. The van der Waals surface area contributed by atoms with Gasteiger partial charge in [-0.1, -0.05) is 6.42 Å². The van der Waals surface area contributed by atoms with Gasteiger partial charge in [0.25, 0.3) is 0 Å². The predicted molar refractivity (Wildman–Crippen MR) is 58.7 cm³/mol. The molecule has 2 rings (SSSR count). The van der Waals surface area contributed by atoms with Crippen LogP contribution in [0.25, 0.3) is 0 Å². The van der Waals surface area contributed by atoms with E-state index in [4.69, 9.17) is 15.6 Å². The Kier molecular flexibility index (Phi) is 3.78. The van der Waals surface area contributed by atoms with E-state index < -0.39 is 0 Å². The number of carbonyl (C=O) groups is 1. The lowest BCUT2D eigenvalue weighted by molar-refractivity contribution is -0.144. The van der Waals surface area contributed by atoms with E-state index in [0.29, 0.717) is 19.7 Å². The summed E-state index contributed by atoms with van der Waals surface area (Å²) in [6.07, 6.45) is 2.67. The molecule has 0 aromatic carbocycles. The number of nitrogens with two attached hydrogens (primary N) is 1. The molecule has 2 fully saturated rings.